The molecule has 0 fully saturated rings. The summed E-state index contributed by atoms with van der Waals surface area (Å²) in [5.41, 5.74) is 3.37. The third-order valence-corrected chi connectivity index (χ3v) is 4.22. The van der Waals surface area contributed by atoms with Gasteiger partial charge < -0.3 is 10.0 Å². The van der Waals surface area contributed by atoms with Gasteiger partial charge in [0.2, 0.25) is 0 Å². The first-order valence-electron chi connectivity index (χ1n) is 7.27. The van der Waals surface area contributed by atoms with Crippen molar-refractivity contribution >= 4 is 21.6 Å². The maximum Gasteiger partial charge on any atom is 0.0762 e. The minimum atomic E-state index is -0.447. The van der Waals surface area contributed by atoms with E-state index in [1.165, 1.54) is 5.56 Å². The molecule has 0 radical (unpaired) electrons. The highest BCUT2D eigenvalue weighted by Gasteiger charge is 2.15. The zero-order chi connectivity index (χ0) is 15.4. The fraction of sp³-hybridized carbons (Fsp3) is 0.333. The van der Waals surface area contributed by atoms with E-state index in [1.807, 2.05) is 18.2 Å². The van der Waals surface area contributed by atoms with E-state index < -0.39 is 6.10 Å². The summed E-state index contributed by atoms with van der Waals surface area (Å²) in [5, 5.41) is 9.69. The van der Waals surface area contributed by atoms with Crippen LogP contribution in [0.1, 0.15) is 38.0 Å². The standard InChI is InChI=1S/C18H22BrNO/c1-13(2)20(12-15-7-5-4-6-8-15)18-10-9-16(14(3)21)11-17(18)19/h4-11,13-14,21H,12H2,1-3H3/t14-/m1/s1. The van der Waals surface area contributed by atoms with Crippen molar-refractivity contribution in [1.29, 1.82) is 0 Å². The Kier molecular flexibility index (Phi) is 5.43. The Morgan fingerprint density at radius 3 is 2.24 bits per heavy atom. The monoisotopic (exact) mass is 347 g/mol. The Morgan fingerprint density at radius 1 is 1.05 bits per heavy atom. The van der Waals surface area contributed by atoms with Gasteiger partial charge in [0.15, 0.2) is 0 Å². The Bertz CT molecular complexity index is 581. The average molecular weight is 348 g/mol. The molecule has 0 heterocycles. The summed E-state index contributed by atoms with van der Waals surface area (Å²) < 4.78 is 1.02. The quantitative estimate of drug-likeness (QED) is 0.829. The van der Waals surface area contributed by atoms with Gasteiger partial charge in [-0.05, 0) is 60.0 Å². The Balaban J connectivity index is 2.30. The van der Waals surface area contributed by atoms with Gasteiger partial charge in [-0.1, -0.05) is 36.4 Å². The Labute approximate surface area is 135 Å². The predicted octanol–water partition coefficient (Wildman–Crippen LogP) is 4.92. The van der Waals surface area contributed by atoms with Crippen LogP contribution in [0.2, 0.25) is 0 Å². The van der Waals surface area contributed by atoms with Crippen LogP contribution in [-0.4, -0.2) is 11.1 Å². The molecule has 2 aromatic rings. The van der Waals surface area contributed by atoms with Gasteiger partial charge in [-0.2, -0.15) is 0 Å². The molecular weight excluding hydrogens is 326 g/mol. The van der Waals surface area contributed by atoms with E-state index >= 15 is 0 Å². The highest BCUT2D eigenvalue weighted by atomic mass is 79.9. The summed E-state index contributed by atoms with van der Waals surface area (Å²) in [7, 11) is 0. The molecule has 112 valence electrons. The molecule has 0 amide bonds. The van der Waals surface area contributed by atoms with Crippen molar-refractivity contribution in [2.45, 2.75) is 39.5 Å². The summed E-state index contributed by atoms with van der Waals surface area (Å²) in [5.74, 6) is 0. The summed E-state index contributed by atoms with van der Waals surface area (Å²) in [6.45, 7) is 7.03. The van der Waals surface area contributed by atoms with E-state index in [4.69, 9.17) is 0 Å². The van der Waals surface area contributed by atoms with E-state index in [9.17, 15) is 5.11 Å². The van der Waals surface area contributed by atoms with Crippen LogP contribution in [-0.2, 0) is 6.54 Å². The average Bonchev–Trinajstić information content (AvgIpc) is 2.46. The van der Waals surface area contributed by atoms with Crippen LogP contribution in [0.4, 0.5) is 5.69 Å². The third kappa shape index (κ3) is 4.08. The van der Waals surface area contributed by atoms with E-state index in [0.717, 1.165) is 22.3 Å². The number of rotatable bonds is 5. The topological polar surface area (TPSA) is 23.5 Å². The molecule has 2 aromatic carbocycles. The largest absolute Gasteiger partial charge is 0.389 e. The van der Waals surface area contributed by atoms with Crippen LogP contribution in [0.3, 0.4) is 0 Å². The maximum atomic E-state index is 9.69. The SMILES string of the molecule is CC(C)N(Cc1ccccc1)c1ccc([C@@H](C)O)cc1Br. The first kappa shape index (κ1) is 16.1. The van der Waals surface area contributed by atoms with E-state index in [-0.39, 0.29) is 0 Å². The van der Waals surface area contributed by atoms with Gasteiger partial charge in [0.1, 0.15) is 0 Å². The summed E-state index contributed by atoms with van der Waals surface area (Å²) in [6, 6.07) is 16.9. The van der Waals surface area contributed by atoms with E-state index in [0.29, 0.717) is 6.04 Å². The van der Waals surface area contributed by atoms with Crippen LogP contribution >= 0.6 is 15.9 Å². The first-order chi connectivity index (χ1) is 9.99. The van der Waals surface area contributed by atoms with Crippen LogP contribution in [0.15, 0.2) is 53.0 Å². The molecule has 1 atom stereocenters. The summed E-state index contributed by atoms with van der Waals surface area (Å²) in [4.78, 5) is 2.35. The lowest BCUT2D eigenvalue weighted by Crippen LogP contribution is -2.30. The van der Waals surface area contributed by atoms with Gasteiger partial charge in [-0.15, -0.1) is 0 Å². The Hall–Kier alpha value is -1.32. The van der Waals surface area contributed by atoms with Gasteiger partial charge in [-0.3, -0.25) is 0 Å². The van der Waals surface area contributed by atoms with Crippen molar-refractivity contribution in [2.24, 2.45) is 0 Å². The predicted molar refractivity (Wildman–Crippen MR) is 92.5 cm³/mol. The van der Waals surface area contributed by atoms with Crippen molar-refractivity contribution in [1.82, 2.24) is 0 Å². The number of anilines is 1. The molecule has 0 aliphatic rings. The molecule has 0 unspecified atom stereocenters. The number of aliphatic hydroxyl groups excluding tert-OH is 1. The van der Waals surface area contributed by atoms with Gasteiger partial charge in [0, 0.05) is 17.1 Å². The second-order valence-corrected chi connectivity index (χ2v) is 6.45. The van der Waals surface area contributed by atoms with Gasteiger partial charge >= 0.3 is 0 Å². The number of benzene rings is 2. The molecule has 0 saturated heterocycles. The second kappa shape index (κ2) is 7.10. The molecule has 0 aliphatic carbocycles. The van der Waals surface area contributed by atoms with E-state index in [2.05, 4.69) is 65.0 Å². The molecule has 0 bridgehead atoms. The Morgan fingerprint density at radius 2 is 1.71 bits per heavy atom. The molecule has 2 rings (SSSR count). The number of nitrogens with zero attached hydrogens (tertiary/aromatic N) is 1. The lowest BCUT2D eigenvalue weighted by molar-refractivity contribution is 0.199. The minimum Gasteiger partial charge on any atom is -0.389 e. The van der Waals surface area contributed by atoms with Crippen LogP contribution < -0.4 is 4.90 Å². The van der Waals surface area contributed by atoms with Crippen LogP contribution in [0.5, 0.6) is 0 Å². The summed E-state index contributed by atoms with van der Waals surface area (Å²) in [6.07, 6.45) is -0.447. The normalized spacial score (nSPS) is 12.5. The molecule has 3 heteroatoms. The number of hydrogen-bond donors (Lipinski definition) is 1. The van der Waals surface area contributed by atoms with Gasteiger partial charge in [0.25, 0.3) is 0 Å². The van der Waals surface area contributed by atoms with Crippen molar-refractivity contribution in [2.75, 3.05) is 4.90 Å². The second-order valence-electron chi connectivity index (χ2n) is 5.59. The smallest absolute Gasteiger partial charge is 0.0762 e. The highest BCUT2D eigenvalue weighted by Crippen LogP contribution is 2.31. The lowest BCUT2D eigenvalue weighted by atomic mass is 10.1. The maximum absolute atomic E-state index is 9.69. The molecule has 0 spiro atoms. The van der Waals surface area contributed by atoms with E-state index in [1.54, 1.807) is 6.92 Å². The number of hydrogen-bond acceptors (Lipinski definition) is 2. The van der Waals surface area contributed by atoms with Crippen molar-refractivity contribution in [3.05, 3.63) is 64.1 Å². The fourth-order valence-electron chi connectivity index (χ4n) is 2.34. The zero-order valence-electron chi connectivity index (χ0n) is 12.8. The fourth-order valence-corrected chi connectivity index (χ4v) is 2.97. The number of halogens is 1. The third-order valence-electron chi connectivity index (χ3n) is 3.58. The molecule has 0 aromatic heterocycles. The molecular formula is C18H22BrNO. The molecule has 0 saturated carbocycles. The van der Waals surface area contributed by atoms with Gasteiger partial charge in [-0.25, -0.2) is 0 Å². The van der Waals surface area contributed by atoms with Crippen molar-refractivity contribution < 1.29 is 5.11 Å². The molecule has 21 heavy (non-hydrogen) atoms. The molecule has 2 nitrogen and oxygen atoms in total. The molecule has 0 aliphatic heterocycles. The highest BCUT2D eigenvalue weighted by molar-refractivity contribution is 9.10. The first-order valence-corrected chi connectivity index (χ1v) is 8.06. The van der Waals surface area contributed by atoms with Crippen molar-refractivity contribution in [3.63, 3.8) is 0 Å². The molecule has 1 N–H and O–H groups in total. The number of aliphatic hydroxyl groups is 1. The zero-order valence-corrected chi connectivity index (χ0v) is 14.3. The summed E-state index contributed by atoms with van der Waals surface area (Å²) >= 11 is 3.64. The minimum absolute atomic E-state index is 0.388. The van der Waals surface area contributed by atoms with Crippen molar-refractivity contribution in [3.8, 4) is 0 Å². The lowest BCUT2D eigenvalue weighted by Gasteiger charge is -2.30. The van der Waals surface area contributed by atoms with Crippen LogP contribution in [0.25, 0.3) is 0 Å². The van der Waals surface area contributed by atoms with Gasteiger partial charge in [0.05, 0.1) is 11.8 Å². The van der Waals surface area contributed by atoms with Crippen LogP contribution in [0, 0.1) is 0 Å².